The molecule has 1 aromatic rings. The van der Waals surface area contributed by atoms with Gasteiger partial charge in [-0.15, -0.1) is 11.3 Å². The maximum atomic E-state index is 4.96. The zero-order valence-electron chi connectivity index (χ0n) is 12.3. The maximum Gasteiger partial charge on any atom is 0.185 e. The highest BCUT2D eigenvalue weighted by Gasteiger charge is 2.31. The smallest absolute Gasteiger partial charge is 0.185 e. The average molecular weight is 279 g/mol. The van der Waals surface area contributed by atoms with Crippen LogP contribution in [0.1, 0.15) is 62.9 Å². The summed E-state index contributed by atoms with van der Waals surface area (Å²) in [7, 11) is 0. The van der Waals surface area contributed by atoms with Gasteiger partial charge in [0, 0.05) is 36.0 Å². The summed E-state index contributed by atoms with van der Waals surface area (Å²) in [6, 6.07) is 0. The Balaban J connectivity index is 1.76. The van der Waals surface area contributed by atoms with E-state index in [1.165, 1.54) is 54.5 Å². The Bertz CT molecular complexity index is 437. The van der Waals surface area contributed by atoms with Gasteiger partial charge in [-0.3, -0.25) is 0 Å². The fraction of sp³-hybridized carbons (Fsp3) is 0.800. The van der Waals surface area contributed by atoms with Crippen molar-refractivity contribution in [1.29, 1.82) is 0 Å². The highest BCUT2D eigenvalue weighted by molar-refractivity contribution is 7.15. The molecule has 1 aromatic heterocycles. The second-order valence-electron chi connectivity index (χ2n) is 6.88. The number of nitrogens with one attached hydrogen (secondary N) is 1. The highest BCUT2D eigenvalue weighted by atomic mass is 32.1. The molecule has 1 aliphatic heterocycles. The van der Waals surface area contributed by atoms with E-state index in [0.717, 1.165) is 12.5 Å². The molecule has 0 spiro atoms. The summed E-state index contributed by atoms with van der Waals surface area (Å²) < 4.78 is 0. The Labute approximate surface area is 120 Å². The van der Waals surface area contributed by atoms with E-state index in [-0.39, 0.29) is 5.54 Å². The van der Waals surface area contributed by atoms with E-state index in [9.17, 15) is 0 Å². The predicted molar refractivity (Wildman–Crippen MR) is 82.1 cm³/mol. The highest BCUT2D eigenvalue weighted by Crippen LogP contribution is 2.44. The van der Waals surface area contributed by atoms with Crippen molar-refractivity contribution in [3.05, 3.63) is 10.6 Å². The zero-order valence-corrected chi connectivity index (χ0v) is 13.1. The van der Waals surface area contributed by atoms with Crippen molar-refractivity contribution >= 4 is 16.5 Å². The van der Waals surface area contributed by atoms with Crippen molar-refractivity contribution in [3.63, 3.8) is 0 Å². The second kappa shape index (κ2) is 5.06. The van der Waals surface area contributed by atoms with E-state index in [4.69, 9.17) is 4.98 Å². The van der Waals surface area contributed by atoms with Crippen LogP contribution in [-0.2, 0) is 6.54 Å². The summed E-state index contributed by atoms with van der Waals surface area (Å²) in [5.41, 5.74) is 1.57. The topological polar surface area (TPSA) is 28.2 Å². The van der Waals surface area contributed by atoms with Crippen molar-refractivity contribution in [2.45, 2.75) is 64.5 Å². The monoisotopic (exact) mass is 279 g/mol. The lowest BCUT2D eigenvalue weighted by molar-refractivity contribution is 0.425. The van der Waals surface area contributed by atoms with Gasteiger partial charge in [0.25, 0.3) is 0 Å². The molecule has 3 rings (SSSR count). The summed E-state index contributed by atoms with van der Waals surface area (Å²) in [6.07, 6.45) is 5.33. The number of aromatic nitrogens is 1. The van der Waals surface area contributed by atoms with Crippen molar-refractivity contribution in [1.82, 2.24) is 10.3 Å². The second-order valence-corrected chi connectivity index (χ2v) is 7.94. The average Bonchev–Trinajstić information content (AvgIpc) is 2.90. The molecule has 1 saturated heterocycles. The SMILES string of the molecule is CC(C)(C)NCc1sc(N2CCCC2)nc1C1CC1. The van der Waals surface area contributed by atoms with Gasteiger partial charge >= 0.3 is 0 Å². The summed E-state index contributed by atoms with van der Waals surface area (Å²) in [4.78, 5) is 8.90. The molecule has 0 radical (unpaired) electrons. The maximum absolute atomic E-state index is 4.96. The minimum absolute atomic E-state index is 0.179. The van der Waals surface area contributed by atoms with Crippen LogP contribution in [0.5, 0.6) is 0 Å². The first-order valence-electron chi connectivity index (χ1n) is 7.52. The van der Waals surface area contributed by atoms with Crippen molar-refractivity contribution in [2.75, 3.05) is 18.0 Å². The number of nitrogens with zero attached hydrogens (tertiary/aromatic N) is 2. The molecule has 2 fully saturated rings. The molecule has 0 unspecified atom stereocenters. The van der Waals surface area contributed by atoms with E-state index in [2.05, 4.69) is 31.0 Å². The Hall–Kier alpha value is -0.610. The van der Waals surface area contributed by atoms with Crippen LogP contribution in [0.4, 0.5) is 5.13 Å². The summed E-state index contributed by atoms with van der Waals surface area (Å²) in [5.74, 6) is 0.754. The van der Waals surface area contributed by atoms with Crippen LogP contribution in [0.25, 0.3) is 0 Å². The first kappa shape index (κ1) is 13.4. The first-order valence-corrected chi connectivity index (χ1v) is 8.34. The molecule has 0 amide bonds. The molecule has 1 N–H and O–H groups in total. The van der Waals surface area contributed by atoms with E-state index in [1.54, 1.807) is 0 Å². The molecule has 19 heavy (non-hydrogen) atoms. The lowest BCUT2D eigenvalue weighted by atomic mass is 10.1. The van der Waals surface area contributed by atoms with Crippen LogP contribution < -0.4 is 10.2 Å². The van der Waals surface area contributed by atoms with Gasteiger partial charge in [0.2, 0.25) is 0 Å². The number of rotatable bonds is 4. The van der Waals surface area contributed by atoms with Crippen LogP contribution in [0.3, 0.4) is 0 Å². The van der Waals surface area contributed by atoms with Crippen LogP contribution in [0, 0.1) is 0 Å². The van der Waals surface area contributed by atoms with Crippen LogP contribution in [0.2, 0.25) is 0 Å². The van der Waals surface area contributed by atoms with E-state index < -0.39 is 0 Å². The molecule has 106 valence electrons. The number of hydrogen-bond acceptors (Lipinski definition) is 4. The van der Waals surface area contributed by atoms with Gasteiger partial charge in [-0.05, 0) is 46.5 Å². The Morgan fingerprint density at radius 2 is 1.95 bits per heavy atom. The van der Waals surface area contributed by atoms with Gasteiger partial charge in [-0.1, -0.05) is 0 Å². The molecule has 0 bridgehead atoms. The number of anilines is 1. The summed E-state index contributed by atoms with van der Waals surface area (Å²) >= 11 is 1.92. The third-order valence-electron chi connectivity index (χ3n) is 3.84. The number of hydrogen-bond donors (Lipinski definition) is 1. The van der Waals surface area contributed by atoms with Gasteiger partial charge in [-0.2, -0.15) is 0 Å². The predicted octanol–water partition coefficient (Wildman–Crippen LogP) is 3.51. The molecule has 1 saturated carbocycles. The fourth-order valence-corrected chi connectivity index (χ4v) is 3.68. The summed E-state index contributed by atoms with van der Waals surface area (Å²) in [6.45, 7) is 10.1. The quantitative estimate of drug-likeness (QED) is 0.914. The van der Waals surface area contributed by atoms with Crippen LogP contribution in [-0.4, -0.2) is 23.6 Å². The molecule has 1 aliphatic carbocycles. The molecule has 3 nitrogen and oxygen atoms in total. The Kier molecular flexibility index (Phi) is 3.56. The fourth-order valence-electron chi connectivity index (χ4n) is 2.54. The first-order chi connectivity index (χ1) is 9.03. The minimum atomic E-state index is 0.179. The van der Waals surface area contributed by atoms with Gasteiger partial charge in [-0.25, -0.2) is 4.98 Å². The minimum Gasteiger partial charge on any atom is -0.348 e. The van der Waals surface area contributed by atoms with E-state index in [0.29, 0.717) is 0 Å². The van der Waals surface area contributed by atoms with Gasteiger partial charge in [0.05, 0.1) is 5.69 Å². The molecular formula is C15H25N3S. The lowest BCUT2D eigenvalue weighted by Crippen LogP contribution is -2.35. The molecule has 2 heterocycles. The molecule has 0 aromatic carbocycles. The van der Waals surface area contributed by atoms with Crippen molar-refractivity contribution in [2.24, 2.45) is 0 Å². The van der Waals surface area contributed by atoms with Crippen molar-refractivity contribution < 1.29 is 0 Å². The molecular weight excluding hydrogens is 254 g/mol. The molecule has 4 heteroatoms. The third-order valence-corrected chi connectivity index (χ3v) is 4.97. The summed E-state index contributed by atoms with van der Waals surface area (Å²) in [5, 5.41) is 4.89. The molecule has 2 aliphatic rings. The third kappa shape index (κ3) is 3.29. The van der Waals surface area contributed by atoms with E-state index >= 15 is 0 Å². The van der Waals surface area contributed by atoms with Gasteiger partial charge < -0.3 is 10.2 Å². The van der Waals surface area contributed by atoms with E-state index in [1.807, 2.05) is 11.3 Å². The van der Waals surface area contributed by atoms with Gasteiger partial charge in [0.15, 0.2) is 5.13 Å². The number of thiazole rings is 1. The normalized spacial score (nSPS) is 20.3. The van der Waals surface area contributed by atoms with Crippen LogP contribution in [0.15, 0.2) is 0 Å². The Morgan fingerprint density at radius 1 is 1.26 bits per heavy atom. The zero-order chi connectivity index (χ0) is 13.5. The Morgan fingerprint density at radius 3 is 2.53 bits per heavy atom. The van der Waals surface area contributed by atoms with Gasteiger partial charge in [0.1, 0.15) is 0 Å². The van der Waals surface area contributed by atoms with Crippen LogP contribution >= 0.6 is 11.3 Å². The molecule has 0 atom stereocenters. The standard InChI is InChI=1S/C15H25N3S/c1-15(2,3)16-10-12-13(11-6-7-11)17-14(19-12)18-8-4-5-9-18/h11,16H,4-10H2,1-3H3. The lowest BCUT2D eigenvalue weighted by Gasteiger charge is -2.20. The largest absolute Gasteiger partial charge is 0.348 e. The van der Waals surface area contributed by atoms with Crippen molar-refractivity contribution in [3.8, 4) is 0 Å².